The Kier molecular flexibility index (Phi) is 6.15. The number of anilines is 1. The lowest BCUT2D eigenvalue weighted by Gasteiger charge is -2.38. The smallest absolute Gasteiger partial charge is 0.272 e. The Morgan fingerprint density at radius 1 is 1.03 bits per heavy atom. The molecule has 5 rings (SSSR count). The summed E-state index contributed by atoms with van der Waals surface area (Å²) in [6.45, 7) is 5.28. The molecule has 1 N–H and O–H groups in total. The van der Waals surface area contributed by atoms with E-state index in [9.17, 15) is 9.59 Å². The van der Waals surface area contributed by atoms with Gasteiger partial charge in [0.15, 0.2) is 0 Å². The van der Waals surface area contributed by atoms with Crippen LogP contribution in [0.2, 0.25) is 5.02 Å². The zero-order valence-electron chi connectivity index (χ0n) is 19.0. The minimum atomic E-state index is -0.122. The maximum absolute atomic E-state index is 13.4. The molecule has 0 spiro atoms. The Balaban J connectivity index is 1.54. The van der Waals surface area contributed by atoms with Crippen LogP contribution in [0.25, 0.3) is 22.0 Å². The number of likely N-dealkylation sites (tertiary alicyclic amines) is 1. The first-order chi connectivity index (χ1) is 16.0. The fourth-order valence-electron chi connectivity index (χ4n) is 5.32. The Hall–Kier alpha value is -2.79. The van der Waals surface area contributed by atoms with Gasteiger partial charge < -0.3 is 14.8 Å². The highest BCUT2D eigenvalue weighted by atomic mass is 35.5. The van der Waals surface area contributed by atoms with Crippen molar-refractivity contribution < 1.29 is 4.79 Å². The topological polar surface area (TPSA) is 56.4 Å². The maximum Gasteiger partial charge on any atom is 0.272 e. The molecule has 2 saturated heterocycles. The lowest BCUT2D eigenvalue weighted by molar-refractivity contribution is -0.137. The number of carbonyl (C=O) groups excluding carboxylic acids is 1. The maximum atomic E-state index is 13.4. The van der Waals surface area contributed by atoms with Crippen LogP contribution in [-0.2, 0) is 4.79 Å². The number of nitrogens with one attached hydrogen (secondary N) is 1. The lowest BCUT2D eigenvalue weighted by atomic mass is 9.92. The molecule has 3 heterocycles. The van der Waals surface area contributed by atoms with Crippen molar-refractivity contribution in [2.45, 2.75) is 32.6 Å². The summed E-state index contributed by atoms with van der Waals surface area (Å²) in [7, 11) is 0. The van der Waals surface area contributed by atoms with E-state index < -0.39 is 0 Å². The average Bonchev–Trinajstić information content (AvgIpc) is 2.84. The summed E-state index contributed by atoms with van der Waals surface area (Å²) in [5.74, 6) is 0.853. The molecule has 2 aliphatic rings. The van der Waals surface area contributed by atoms with E-state index in [4.69, 9.17) is 11.6 Å². The van der Waals surface area contributed by atoms with Crippen molar-refractivity contribution in [2.24, 2.45) is 11.8 Å². The third-order valence-electron chi connectivity index (χ3n) is 7.20. The second-order valence-corrected chi connectivity index (χ2v) is 9.96. The summed E-state index contributed by atoms with van der Waals surface area (Å²) in [5, 5.41) is 1.55. The van der Waals surface area contributed by atoms with Gasteiger partial charge in [0, 0.05) is 47.7 Å². The number of fused-ring (bicyclic) bond motifs is 1. The van der Waals surface area contributed by atoms with Crippen LogP contribution in [-0.4, -0.2) is 42.0 Å². The molecule has 5 nitrogen and oxygen atoms in total. The van der Waals surface area contributed by atoms with E-state index in [1.165, 1.54) is 0 Å². The molecule has 0 bridgehead atoms. The quantitative estimate of drug-likeness (QED) is 0.571. The van der Waals surface area contributed by atoms with Crippen LogP contribution in [0.4, 0.5) is 5.69 Å². The van der Waals surface area contributed by atoms with E-state index in [1.807, 2.05) is 47.4 Å². The number of piperidine rings is 2. The number of nitrogens with zero attached hydrogens (tertiary/aromatic N) is 2. The Morgan fingerprint density at radius 3 is 2.55 bits per heavy atom. The number of aromatic amines is 1. The molecule has 0 saturated carbocycles. The van der Waals surface area contributed by atoms with Crippen molar-refractivity contribution >= 4 is 34.1 Å². The number of rotatable bonds is 3. The summed E-state index contributed by atoms with van der Waals surface area (Å²) < 4.78 is 0. The molecule has 3 aromatic rings. The van der Waals surface area contributed by atoms with Gasteiger partial charge in [-0.15, -0.1) is 0 Å². The Bertz CT molecular complexity index is 1220. The summed E-state index contributed by atoms with van der Waals surface area (Å²) in [5.41, 5.74) is 3.14. The van der Waals surface area contributed by atoms with E-state index in [1.54, 1.807) is 6.07 Å². The first-order valence-corrected chi connectivity index (χ1v) is 12.3. The molecule has 33 heavy (non-hydrogen) atoms. The number of amides is 1. The van der Waals surface area contributed by atoms with Gasteiger partial charge in [0.25, 0.3) is 5.56 Å². The largest absolute Gasteiger partial charge is 0.366 e. The van der Waals surface area contributed by atoms with E-state index in [0.717, 1.165) is 67.3 Å². The van der Waals surface area contributed by atoms with Gasteiger partial charge in [-0.3, -0.25) is 9.59 Å². The fourth-order valence-corrected chi connectivity index (χ4v) is 5.49. The Morgan fingerprint density at radius 2 is 1.79 bits per heavy atom. The monoisotopic (exact) mass is 463 g/mol. The number of pyridine rings is 1. The van der Waals surface area contributed by atoms with Crippen LogP contribution in [0.15, 0.2) is 53.3 Å². The predicted octanol–water partition coefficient (Wildman–Crippen LogP) is 5.32. The number of hydrogen-bond acceptors (Lipinski definition) is 3. The van der Waals surface area contributed by atoms with Crippen LogP contribution in [0.1, 0.15) is 32.6 Å². The van der Waals surface area contributed by atoms with Gasteiger partial charge in [-0.05, 0) is 55.4 Å². The van der Waals surface area contributed by atoms with Gasteiger partial charge in [0.05, 0.1) is 5.92 Å². The van der Waals surface area contributed by atoms with E-state index >= 15 is 0 Å². The Labute approximate surface area is 199 Å². The zero-order valence-corrected chi connectivity index (χ0v) is 19.8. The lowest BCUT2D eigenvalue weighted by Crippen LogP contribution is -2.48. The standard InChI is InChI=1S/C27H30ClN3O2/c1-18-11-14-30(15-12-18)27(33)20-8-5-13-31(17-20)25-24(19-6-3-2-4-7-19)22-16-21(28)9-10-23(22)29-26(25)32/h2-4,6-7,9-10,16,18,20H,5,8,11-15,17H2,1H3,(H,29,32)/t20-/m0/s1. The van der Waals surface area contributed by atoms with Crippen molar-refractivity contribution in [1.82, 2.24) is 9.88 Å². The zero-order chi connectivity index (χ0) is 22.9. The molecule has 0 radical (unpaired) electrons. The second kappa shape index (κ2) is 9.22. The van der Waals surface area contributed by atoms with Gasteiger partial charge in [-0.2, -0.15) is 0 Å². The number of aromatic nitrogens is 1. The number of benzene rings is 2. The molecule has 1 amide bonds. The highest BCUT2D eigenvalue weighted by molar-refractivity contribution is 6.31. The molecule has 172 valence electrons. The average molecular weight is 464 g/mol. The molecule has 1 aromatic heterocycles. The molecule has 6 heteroatoms. The summed E-state index contributed by atoms with van der Waals surface area (Å²) in [6.07, 6.45) is 3.91. The fraction of sp³-hybridized carbons (Fsp3) is 0.407. The molecule has 0 unspecified atom stereocenters. The molecule has 1 atom stereocenters. The van der Waals surface area contributed by atoms with Gasteiger partial charge in [0.1, 0.15) is 5.69 Å². The van der Waals surface area contributed by atoms with Crippen LogP contribution < -0.4 is 10.5 Å². The first-order valence-electron chi connectivity index (χ1n) is 12.0. The highest BCUT2D eigenvalue weighted by Gasteiger charge is 2.33. The van der Waals surface area contributed by atoms with E-state index in [0.29, 0.717) is 23.2 Å². The molecule has 2 aliphatic heterocycles. The van der Waals surface area contributed by atoms with Crippen molar-refractivity contribution in [1.29, 1.82) is 0 Å². The van der Waals surface area contributed by atoms with Gasteiger partial charge in [-0.25, -0.2) is 0 Å². The molecule has 0 aliphatic carbocycles. The molecular formula is C27H30ClN3O2. The minimum absolute atomic E-state index is 0.0785. The van der Waals surface area contributed by atoms with Crippen molar-refractivity contribution in [3.8, 4) is 11.1 Å². The number of H-pyrrole nitrogens is 1. The predicted molar refractivity (Wildman–Crippen MR) is 135 cm³/mol. The van der Waals surface area contributed by atoms with Crippen LogP contribution in [0, 0.1) is 11.8 Å². The summed E-state index contributed by atoms with van der Waals surface area (Å²) in [4.78, 5) is 33.9. The number of hydrogen-bond donors (Lipinski definition) is 1. The van der Waals surface area contributed by atoms with Crippen LogP contribution >= 0.6 is 11.6 Å². The van der Waals surface area contributed by atoms with Gasteiger partial charge in [0.2, 0.25) is 5.91 Å². The molecule has 2 aromatic carbocycles. The number of carbonyl (C=O) groups is 1. The molecular weight excluding hydrogens is 434 g/mol. The molecule has 2 fully saturated rings. The summed E-state index contributed by atoms with van der Waals surface area (Å²) >= 11 is 6.36. The van der Waals surface area contributed by atoms with Crippen LogP contribution in [0.3, 0.4) is 0 Å². The second-order valence-electron chi connectivity index (χ2n) is 9.53. The third kappa shape index (κ3) is 4.39. The van der Waals surface area contributed by atoms with Gasteiger partial charge >= 0.3 is 0 Å². The van der Waals surface area contributed by atoms with Crippen molar-refractivity contribution in [2.75, 3.05) is 31.1 Å². The van der Waals surface area contributed by atoms with Crippen LogP contribution in [0.5, 0.6) is 0 Å². The SMILES string of the molecule is CC1CCN(C(=O)[C@H]2CCCN(c3c(-c4ccccc4)c4cc(Cl)ccc4[nH]c3=O)C2)CC1. The normalized spacial score (nSPS) is 19.8. The van der Waals surface area contributed by atoms with Crippen molar-refractivity contribution in [3.05, 3.63) is 63.9 Å². The van der Waals surface area contributed by atoms with Crippen molar-refractivity contribution in [3.63, 3.8) is 0 Å². The minimum Gasteiger partial charge on any atom is -0.366 e. The number of halogens is 1. The first kappa shape index (κ1) is 22.0. The van der Waals surface area contributed by atoms with E-state index in [-0.39, 0.29) is 17.4 Å². The van der Waals surface area contributed by atoms with Gasteiger partial charge in [-0.1, -0.05) is 48.9 Å². The highest BCUT2D eigenvalue weighted by Crippen LogP contribution is 2.37. The summed E-state index contributed by atoms with van der Waals surface area (Å²) in [6, 6.07) is 15.6. The van der Waals surface area contributed by atoms with E-state index in [2.05, 4.69) is 16.8 Å². The third-order valence-corrected chi connectivity index (χ3v) is 7.43.